The second-order valence-electron chi connectivity index (χ2n) is 6.57. The summed E-state index contributed by atoms with van der Waals surface area (Å²) in [5.74, 6) is 0. The summed E-state index contributed by atoms with van der Waals surface area (Å²) in [6.45, 7) is 3.21. The minimum absolute atomic E-state index is 0.205. The van der Waals surface area contributed by atoms with Crippen LogP contribution in [-0.2, 0) is 20.2 Å². The second-order valence-corrected chi connectivity index (χ2v) is 10.1. The van der Waals surface area contributed by atoms with Crippen LogP contribution in [0.5, 0.6) is 0 Å². The fraction of sp³-hybridized carbons (Fsp3) is 0.429. The van der Waals surface area contributed by atoms with Crippen LogP contribution in [0.2, 0.25) is 0 Å². The highest BCUT2D eigenvalue weighted by atomic mass is 32.3. The molecular weight excluding hydrogens is 356 g/mol. The Hall–Kier alpha value is -1.30. The zero-order valence-electron chi connectivity index (χ0n) is 13.2. The van der Waals surface area contributed by atoms with Gasteiger partial charge in [-0.3, -0.25) is 9.11 Å². The molecule has 0 saturated heterocycles. The molecule has 6 N–H and O–H groups in total. The fourth-order valence-corrected chi connectivity index (χ4v) is 5.64. The molecule has 0 atom stereocenters. The van der Waals surface area contributed by atoms with Crippen LogP contribution in [0.3, 0.4) is 0 Å². The fourth-order valence-electron chi connectivity index (χ4n) is 2.83. The lowest BCUT2D eigenvalue weighted by Crippen LogP contribution is -2.68. The van der Waals surface area contributed by atoms with Crippen molar-refractivity contribution in [3.8, 4) is 0 Å². The maximum absolute atomic E-state index is 12.1. The average molecular weight is 376 g/mol. The first-order valence-corrected chi connectivity index (χ1v) is 9.84. The number of hydrogen-bond donors (Lipinski definition) is 4. The van der Waals surface area contributed by atoms with Gasteiger partial charge < -0.3 is 11.5 Å². The number of nitrogens with two attached hydrogens (primary N) is 2. The summed E-state index contributed by atoms with van der Waals surface area (Å²) in [7, 11) is -10.7. The van der Waals surface area contributed by atoms with E-state index in [4.69, 9.17) is 11.5 Å². The Balaban J connectivity index is 3.01. The van der Waals surface area contributed by atoms with Crippen molar-refractivity contribution >= 4 is 25.8 Å². The molecule has 0 spiro atoms. The Morgan fingerprint density at radius 3 is 1.83 bits per heavy atom. The zero-order chi connectivity index (χ0) is 18.6. The highest BCUT2D eigenvalue weighted by Gasteiger charge is 2.65. The molecule has 2 rings (SSSR count). The summed E-state index contributed by atoms with van der Waals surface area (Å²) >= 11 is 0. The minimum atomic E-state index is -5.33. The van der Waals surface area contributed by atoms with Crippen LogP contribution in [0, 0.1) is 5.41 Å². The van der Waals surface area contributed by atoms with Gasteiger partial charge in [0.15, 0.2) is 0 Å². The summed E-state index contributed by atoms with van der Waals surface area (Å²) in [5, 5.41) is 0. The van der Waals surface area contributed by atoms with Crippen molar-refractivity contribution < 1.29 is 25.9 Å². The maximum Gasteiger partial charge on any atom is 0.292 e. The molecule has 0 bridgehead atoms. The first-order chi connectivity index (χ1) is 10.7. The molecule has 1 aliphatic rings. The van der Waals surface area contributed by atoms with Crippen molar-refractivity contribution in [1.82, 2.24) is 0 Å². The Morgan fingerprint density at radius 1 is 0.958 bits per heavy atom. The molecule has 8 nitrogen and oxygen atoms in total. The minimum Gasteiger partial charge on any atom is -0.313 e. The van der Waals surface area contributed by atoms with E-state index in [0.717, 1.165) is 0 Å². The largest absolute Gasteiger partial charge is 0.313 e. The Bertz CT molecular complexity index is 854. The first kappa shape index (κ1) is 19.0. The molecule has 1 aromatic rings. The molecule has 0 radical (unpaired) electrons. The predicted molar refractivity (Wildman–Crippen MR) is 89.8 cm³/mol. The van der Waals surface area contributed by atoms with Gasteiger partial charge in [0.05, 0.1) is 5.66 Å². The van der Waals surface area contributed by atoms with E-state index in [0.29, 0.717) is 0 Å². The SMILES string of the molecule is CC1(C)C=C(c2ccccc2)C(S(=O)(=O)O)(S(=O)(=O)O)CC1(N)N. The molecule has 1 aromatic carbocycles. The summed E-state index contributed by atoms with van der Waals surface area (Å²) in [4.78, 5) is 0. The van der Waals surface area contributed by atoms with Gasteiger partial charge in [0.1, 0.15) is 0 Å². The second kappa shape index (κ2) is 5.35. The lowest BCUT2D eigenvalue weighted by Gasteiger charge is -2.49. The summed E-state index contributed by atoms with van der Waals surface area (Å²) in [6, 6.07) is 7.71. The van der Waals surface area contributed by atoms with Crippen molar-refractivity contribution in [2.24, 2.45) is 16.9 Å². The van der Waals surface area contributed by atoms with E-state index in [1.165, 1.54) is 18.2 Å². The standard InChI is InChI=1S/C14H20N2O6S2/c1-12(2)8-11(10-6-4-3-5-7-10)13(23(17,18)19,24(20,21)22)9-14(12,15)16/h3-8H,9,15-16H2,1-2H3,(H,17,18,19)(H,20,21,22). The van der Waals surface area contributed by atoms with Crippen molar-refractivity contribution in [2.45, 2.75) is 30.0 Å². The molecule has 0 saturated carbocycles. The van der Waals surface area contributed by atoms with Crippen molar-refractivity contribution in [3.63, 3.8) is 0 Å². The molecular formula is C14H20N2O6S2. The molecule has 0 aliphatic heterocycles. The number of rotatable bonds is 3. The highest BCUT2D eigenvalue weighted by Crippen LogP contribution is 2.51. The van der Waals surface area contributed by atoms with Crippen LogP contribution in [0.25, 0.3) is 5.57 Å². The van der Waals surface area contributed by atoms with E-state index in [2.05, 4.69) is 0 Å². The molecule has 0 heterocycles. The van der Waals surface area contributed by atoms with E-state index < -0.39 is 41.8 Å². The van der Waals surface area contributed by atoms with Gasteiger partial charge in [-0.05, 0) is 11.1 Å². The van der Waals surface area contributed by atoms with E-state index in [9.17, 15) is 25.9 Å². The van der Waals surface area contributed by atoms with Gasteiger partial charge in [-0.25, -0.2) is 0 Å². The van der Waals surface area contributed by atoms with Crippen LogP contribution >= 0.6 is 0 Å². The van der Waals surface area contributed by atoms with Crippen LogP contribution in [0.15, 0.2) is 36.4 Å². The monoisotopic (exact) mass is 376 g/mol. The highest BCUT2D eigenvalue weighted by molar-refractivity contribution is 8.06. The maximum atomic E-state index is 12.1. The van der Waals surface area contributed by atoms with Gasteiger partial charge in [0.2, 0.25) is 0 Å². The predicted octanol–water partition coefficient (Wildman–Crippen LogP) is 0.586. The topological polar surface area (TPSA) is 161 Å². The first-order valence-electron chi connectivity index (χ1n) is 6.96. The molecule has 0 aromatic heterocycles. The van der Waals surface area contributed by atoms with E-state index >= 15 is 0 Å². The Morgan fingerprint density at radius 2 is 1.42 bits per heavy atom. The van der Waals surface area contributed by atoms with Gasteiger partial charge in [-0.2, -0.15) is 16.8 Å². The normalized spacial score (nSPS) is 22.7. The van der Waals surface area contributed by atoms with Crippen molar-refractivity contribution in [3.05, 3.63) is 42.0 Å². The molecule has 0 amide bonds. The summed E-state index contributed by atoms with van der Waals surface area (Å²) in [6.07, 6.45) is 0.360. The third-order valence-corrected chi connectivity index (χ3v) is 8.22. The summed E-state index contributed by atoms with van der Waals surface area (Å²) in [5.41, 5.74) is 8.97. The quantitative estimate of drug-likeness (QED) is 0.440. The molecule has 10 heteroatoms. The lowest BCUT2D eigenvalue weighted by molar-refractivity contribution is 0.198. The van der Waals surface area contributed by atoms with Gasteiger partial charge in [0, 0.05) is 11.8 Å². The van der Waals surface area contributed by atoms with Crippen molar-refractivity contribution in [2.75, 3.05) is 0 Å². The molecule has 0 unspecified atom stereocenters. The summed E-state index contributed by atoms with van der Waals surface area (Å²) < 4.78 is 64.8. The third-order valence-electron chi connectivity index (χ3n) is 4.56. The number of hydrogen-bond acceptors (Lipinski definition) is 6. The smallest absolute Gasteiger partial charge is 0.292 e. The van der Waals surface area contributed by atoms with Gasteiger partial charge >= 0.3 is 0 Å². The van der Waals surface area contributed by atoms with E-state index in [1.807, 2.05) is 0 Å². The van der Waals surface area contributed by atoms with Crippen LogP contribution in [0.1, 0.15) is 25.8 Å². The molecule has 0 fully saturated rings. The Kier molecular flexibility index (Phi) is 4.24. The van der Waals surface area contributed by atoms with Crippen LogP contribution in [0.4, 0.5) is 0 Å². The Labute approximate surface area is 141 Å². The van der Waals surface area contributed by atoms with E-state index in [1.54, 1.807) is 32.0 Å². The van der Waals surface area contributed by atoms with Gasteiger partial charge in [-0.15, -0.1) is 0 Å². The lowest BCUT2D eigenvalue weighted by atomic mass is 9.69. The van der Waals surface area contributed by atoms with Gasteiger partial charge in [-0.1, -0.05) is 50.3 Å². The van der Waals surface area contributed by atoms with Gasteiger partial charge in [0.25, 0.3) is 24.3 Å². The molecule has 134 valence electrons. The van der Waals surface area contributed by atoms with Crippen LogP contribution < -0.4 is 11.5 Å². The number of benzene rings is 1. The van der Waals surface area contributed by atoms with Crippen LogP contribution in [-0.4, -0.2) is 35.7 Å². The molecule has 24 heavy (non-hydrogen) atoms. The van der Waals surface area contributed by atoms with Crippen molar-refractivity contribution in [1.29, 1.82) is 0 Å². The average Bonchev–Trinajstić information content (AvgIpc) is 2.39. The third kappa shape index (κ3) is 2.68. The van der Waals surface area contributed by atoms with E-state index in [-0.39, 0.29) is 11.1 Å². The zero-order valence-corrected chi connectivity index (χ0v) is 14.8. The molecule has 1 aliphatic carbocycles.